The summed E-state index contributed by atoms with van der Waals surface area (Å²) in [6, 6.07) is 19.3. The Labute approximate surface area is 190 Å². The van der Waals surface area contributed by atoms with Crippen molar-refractivity contribution in [3.05, 3.63) is 77.4 Å². The second kappa shape index (κ2) is 9.20. The number of urea groups is 1. The summed E-state index contributed by atoms with van der Waals surface area (Å²) in [6.45, 7) is 0.982. The Kier molecular flexibility index (Phi) is 5.80. The molecule has 8 heteroatoms. The minimum Gasteiger partial charge on any atom is -0.493 e. The molecule has 8 nitrogen and oxygen atoms in total. The van der Waals surface area contributed by atoms with Crippen molar-refractivity contribution in [1.29, 1.82) is 0 Å². The number of hydrogen-bond donors (Lipinski definition) is 3. The van der Waals surface area contributed by atoms with E-state index < -0.39 is 6.03 Å². The first-order valence-electron chi connectivity index (χ1n) is 10.9. The predicted molar refractivity (Wildman–Crippen MR) is 124 cm³/mol. The quantitative estimate of drug-likeness (QED) is 0.527. The highest BCUT2D eigenvalue weighted by Crippen LogP contribution is 2.27. The number of carbonyl (C=O) groups excluding carboxylic acids is 2. The normalized spacial score (nSPS) is 16.4. The largest absolute Gasteiger partial charge is 0.493 e. The van der Waals surface area contributed by atoms with Gasteiger partial charge >= 0.3 is 6.03 Å². The van der Waals surface area contributed by atoms with Gasteiger partial charge in [-0.15, -0.1) is 0 Å². The molecule has 168 valence electrons. The first kappa shape index (κ1) is 20.8. The van der Waals surface area contributed by atoms with Crippen molar-refractivity contribution >= 4 is 28.4 Å². The Bertz CT molecular complexity index is 1240. The summed E-state index contributed by atoms with van der Waals surface area (Å²) in [5, 5.41) is 9.05. The van der Waals surface area contributed by atoms with E-state index in [1.54, 1.807) is 0 Å². The van der Waals surface area contributed by atoms with Crippen LogP contribution in [0.3, 0.4) is 0 Å². The van der Waals surface area contributed by atoms with Gasteiger partial charge in [0.15, 0.2) is 6.10 Å². The van der Waals surface area contributed by atoms with Gasteiger partial charge in [0, 0.05) is 12.8 Å². The molecule has 5 rings (SSSR count). The number of nitrogens with zero attached hydrogens (tertiary/aromatic N) is 1. The Morgan fingerprint density at radius 3 is 2.79 bits per heavy atom. The van der Waals surface area contributed by atoms with Crippen LogP contribution in [0.5, 0.6) is 5.75 Å². The van der Waals surface area contributed by atoms with Crippen molar-refractivity contribution in [2.45, 2.75) is 25.4 Å². The minimum atomic E-state index is -0.506. The van der Waals surface area contributed by atoms with Crippen LogP contribution >= 0.6 is 0 Å². The molecule has 1 unspecified atom stereocenters. The number of benzene rings is 3. The molecule has 1 atom stereocenters. The van der Waals surface area contributed by atoms with Crippen molar-refractivity contribution in [3.63, 3.8) is 0 Å². The third-order valence-corrected chi connectivity index (χ3v) is 5.74. The molecule has 3 aromatic carbocycles. The van der Waals surface area contributed by atoms with Crippen molar-refractivity contribution in [2.24, 2.45) is 5.16 Å². The van der Waals surface area contributed by atoms with E-state index in [0.717, 1.165) is 39.8 Å². The van der Waals surface area contributed by atoms with Gasteiger partial charge in [-0.25, -0.2) is 10.2 Å². The van der Waals surface area contributed by atoms with Gasteiger partial charge in [-0.3, -0.25) is 10.2 Å². The third-order valence-electron chi connectivity index (χ3n) is 5.74. The third kappa shape index (κ3) is 4.90. The Morgan fingerprint density at radius 2 is 1.88 bits per heavy atom. The van der Waals surface area contributed by atoms with Gasteiger partial charge in [-0.05, 0) is 45.7 Å². The summed E-state index contributed by atoms with van der Waals surface area (Å²) < 4.78 is 5.54. The molecule has 0 radical (unpaired) electrons. The van der Waals surface area contributed by atoms with E-state index in [4.69, 9.17) is 9.57 Å². The summed E-state index contributed by atoms with van der Waals surface area (Å²) >= 11 is 0. The van der Waals surface area contributed by atoms with Crippen LogP contribution in [0.4, 0.5) is 4.79 Å². The molecule has 3 aromatic rings. The topological polar surface area (TPSA) is 101 Å². The monoisotopic (exact) mass is 444 g/mol. The molecular weight excluding hydrogens is 420 g/mol. The number of rotatable bonds is 5. The zero-order valence-corrected chi connectivity index (χ0v) is 18.0. The molecule has 2 heterocycles. The number of amides is 3. The lowest BCUT2D eigenvalue weighted by Gasteiger charge is -2.12. The van der Waals surface area contributed by atoms with Crippen molar-refractivity contribution < 1.29 is 19.2 Å². The zero-order chi connectivity index (χ0) is 22.6. The number of nitrogens with one attached hydrogen (secondary N) is 3. The summed E-state index contributed by atoms with van der Waals surface area (Å²) in [6.07, 6.45) is 1.40. The van der Waals surface area contributed by atoms with Crippen molar-refractivity contribution in [1.82, 2.24) is 16.2 Å². The Balaban J connectivity index is 1.04. The number of carbonyl (C=O) groups is 2. The second-order valence-corrected chi connectivity index (χ2v) is 8.13. The van der Waals surface area contributed by atoms with Gasteiger partial charge in [0.2, 0.25) is 5.91 Å². The molecule has 3 amide bonds. The molecule has 0 saturated heterocycles. The molecule has 0 spiro atoms. The number of ether oxygens (including phenoxy) is 1. The number of hydrazine groups is 1. The first-order valence-corrected chi connectivity index (χ1v) is 10.9. The van der Waals surface area contributed by atoms with Crippen LogP contribution in [0.15, 0.2) is 65.8 Å². The fourth-order valence-corrected chi connectivity index (χ4v) is 4.03. The predicted octanol–water partition coefficient (Wildman–Crippen LogP) is 2.84. The Hall–Kier alpha value is -4.07. The average molecular weight is 444 g/mol. The SMILES string of the molecule is O=C(Cc1ccc2ccccc2c1)NNC(=O)NCC1CC(c2ccc3c(c2)CCO3)=NO1. The minimum absolute atomic E-state index is 0.167. The number of fused-ring (bicyclic) bond motifs is 2. The van der Waals surface area contributed by atoms with E-state index in [1.165, 1.54) is 5.56 Å². The van der Waals surface area contributed by atoms with Crippen LogP contribution in [-0.2, 0) is 22.5 Å². The summed E-state index contributed by atoms with van der Waals surface area (Å²) in [7, 11) is 0. The van der Waals surface area contributed by atoms with Gasteiger partial charge in [-0.2, -0.15) is 0 Å². The van der Waals surface area contributed by atoms with E-state index in [0.29, 0.717) is 13.0 Å². The molecule has 0 saturated carbocycles. The molecule has 0 fully saturated rings. The van der Waals surface area contributed by atoms with Crippen LogP contribution in [0, 0.1) is 0 Å². The van der Waals surface area contributed by atoms with Gasteiger partial charge < -0.3 is 14.9 Å². The van der Waals surface area contributed by atoms with E-state index in [2.05, 4.69) is 27.4 Å². The highest BCUT2D eigenvalue weighted by Gasteiger charge is 2.24. The van der Waals surface area contributed by atoms with E-state index in [1.807, 2.05) is 54.6 Å². The maximum absolute atomic E-state index is 12.2. The van der Waals surface area contributed by atoms with Crippen LogP contribution in [0.2, 0.25) is 0 Å². The van der Waals surface area contributed by atoms with Crippen LogP contribution < -0.4 is 20.9 Å². The zero-order valence-electron chi connectivity index (χ0n) is 18.0. The van der Waals surface area contributed by atoms with Gasteiger partial charge in [0.1, 0.15) is 5.75 Å². The lowest BCUT2D eigenvalue weighted by molar-refractivity contribution is -0.121. The molecule has 0 aromatic heterocycles. The van der Waals surface area contributed by atoms with E-state index in [9.17, 15) is 9.59 Å². The maximum Gasteiger partial charge on any atom is 0.333 e. The highest BCUT2D eigenvalue weighted by atomic mass is 16.6. The molecule has 2 aliphatic heterocycles. The Morgan fingerprint density at radius 1 is 1.00 bits per heavy atom. The molecule has 2 aliphatic rings. The average Bonchev–Trinajstić information content (AvgIpc) is 3.50. The molecular formula is C25H24N4O4. The standard InChI is InChI=1S/C25H24N4O4/c30-24(12-16-5-6-17-3-1-2-4-18(17)11-16)27-28-25(31)26-15-21-14-22(29-33-21)19-7-8-23-20(13-19)9-10-32-23/h1-8,11,13,21H,9-10,12,14-15H2,(H,27,30)(H2,26,28,31). The fraction of sp³-hybridized carbons (Fsp3) is 0.240. The highest BCUT2D eigenvalue weighted by molar-refractivity contribution is 6.01. The maximum atomic E-state index is 12.2. The van der Waals surface area contributed by atoms with Crippen molar-refractivity contribution in [2.75, 3.05) is 13.2 Å². The van der Waals surface area contributed by atoms with Gasteiger partial charge in [0.25, 0.3) is 0 Å². The second-order valence-electron chi connectivity index (χ2n) is 8.13. The van der Waals surface area contributed by atoms with Gasteiger partial charge in [0.05, 0.1) is 25.3 Å². The van der Waals surface area contributed by atoms with Crippen LogP contribution in [0.25, 0.3) is 10.8 Å². The number of hydrogen-bond acceptors (Lipinski definition) is 5. The lowest BCUT2D eigenvalue weighted by Crippen LogP contribution is -2.48. The lowest BCUT2D eigenvalue weighted by atomic mass is 10.0. The van der Waals surface area contributed by atoms with Crippen LogP contribution in [-0.4, -0.2) is 36.9 Å². The first-order chi connectivity index (χ1) is 16.1. The fourth-order valence-electron chi connectivity index (χ4n) is 4.03. The van der Waals surface area contributed by atoms with E-state index >= 15 is 0 Å². The molecule has 3 N–H and O–H groups in total. The number of oxime groups is 1. The van der Waals surface area contributed by atoms with Crippen molar-refractivity contribution in [3.8, 4) is 5.75 Å². The molecule has 33 heavy (non-hydrogen) atoms. The smallest absolute Gasteiger partial charge is 0.333 e. The summed E-state index contributed by atoms with van der Waals surface area (Å²) in [5.41, 5.74) is 8.71. The van der Waals surface area contributed by atoms with E-state index in [-0.39, 0.29) is 25.0 Å². The summed E-state index contributed by atoms with van der Waals surface area (Å²) in [4.78, 5) is 29.7. The molecule has 0 aliphatic carbocycles. The molecule has 0 bridgehead atoms. The van der Waals surface area contributed by atoms with Gasteiger partial charge in [-0.1, -0.05) is 47.6 Å². The van der Waals surface area contributed by atoms with Crippen LogP contribution in [0.1, 0.15) is 23.1 Å². The summed E-state index contributed by atoms with van der Waals surface area (Å²) in [5.74, 6) is 0.625.